The van der Waals surface area contributed by atoms with Gasteiger partial charge in [-0.05, 0) is 18.6 Å². The summed E-state index contributed by atoms with van der Waals surface area (Å²) in [5.74, 6) is -0.522. The Hall–Kier alpha value is -1.35. The van der Waals surface area contributed by atoms with Crippen LogP contribution in [0.2, 0.25) is 0 Å². The van der Waals surface area contributed by atoms with Crippen molar-refractivity contribution < 1.29 is 9.90 Å². The number of amides is 1. The van der Waals surface area contributed by atoms with Gasteiger partial charge in [0.15, 0.2) is 0 Å². The van der Waals surface area contributed by atoms with Gasteiger partial charge in [-0.2, -0.15) is 0 Å². The highest BCUT2D eigenvalue weighted by Crippen LogP contribution is 2.11. The zero-order valence-electron chi connectivity index (χ0n) is 9.10. The molecule has 3 nitrogen and oxygen atoms in total. The van der Waals surface area contributed by atoms with E-state index in [2.05, 4.69) is 5.32 Å². The van der Waals surface area contributed by atoms with E-state index in [0.717, 1.165) is 5.69 Å². The SMILES string of the molecule is CC[C@@H](O)[C@@H](C)C(=O)Nc1ccccc1. The van der Waals surface area contributed by atoms with Crippen molar-refractivity contribution in [1.82, 2.24) is 0 Å². The van der Waals surface area contributed by atoms with E-state index in [1.807, 2.05) is 37.3 Å². The van der Waals surface area contributed by atoms with Gasteiger partial charge in [0.1, 0.15) is 0 Å². The smallest absolute Gasteiger partial charge is 0.229 e. The fourth-order valence-electron chi connectivity index (χ4n) is 1.31. The van der Waals surface area contributed by atoms with Crippen molar-refractivity contribution >= 4 is 11.6 Å². The third-order valence-electron chi connectivity index (χ3n) is 2.45. The van der Waals surface area contributed by atoms with Crippen LogP contribution in [0.25, 0.3) is 0 Å². The second-order valence-corrected chi connectivity index (χ2v) is 3.62. The first-order chi connectivity index (χ1) is 7.15. The van der Waals surface area contributed by atoms with Crippen LogP contribution >= 0.6 is 0 Å². The normalized spacial score (nSPS) is 14.3. The predicted octanol–water partition coefficient (Wildman–Crippen LogP) is 2.03. The molecular formula is C12H17NO2. The molecule has 3 heteroatoms. The molecular weight excluding hydrogens is 190 g/mol. The maximum atomic E-state index is 11.6. The van der Waals surface area contributed by atoms with E-state index >= 15 is 0 Å². The summed E-state index contributed by atoms with van der Waals surface area (Å²) in [6.07, 6.45) is 0.0114. The minimum atomic E-state index is -0.575. The van der Waals surface area contributed by atoms with Crippen LogP contribution in [-0.4, -0.2) is 17.1 Å². The average molecular weight is 207 g/mol. The van der Waals surface area contributed by atoms with Gasteiger partial charge in [-0.1, -0.05) is 32.0 Å². The van der Waals surface area contributed by atoms with E-state index in [9.17, 15) is 9.90 Å². The summed E-state index contributed by atoms with van der Waals surface area (Å²) < 4.78 is 0. The van der Waals surface area contributed by atoms with Crippen LogP contribution in [0.1, 0.15) is 20.3 Å². The Morgan fingerprint density at radius 1 is 1.40 bits per heavy atom. The molecule has 0 heterocycles. The van der Waals surface area contributed by atoms with E-state index in [1.165, 1.54) is 0 Å². The standard InChI is InChI=1S/C12H17NO2/c1-3-11(14)9(2)12(15)13-10-7-5-4-6-8-10/h4-9,11,14H,3H2,1-2H3,(H,13,15)/t9-,11-/m1/s1. The molecule has 0 aromatic heterocycles. The number of rotatable bonds is 4. The van der Waals surface area contributed by atoms with Gasteiger partial charge >= 0.3 is 0 Å². The number of carbonyl (C=O) groups excluding carboxylic acids is 1. The zero-order valence-corrected chi connectivity index (χ0v) is 9.10. The number of aliphatic hydroxyl groups is 1. The third kappa shape index (κ3) is 3.36. The molecule has 2 N–H and O–H groups in total. The summed E-state index contributed by atoms with van der Waals surface area (Å²) >= 11 is 0. The molecule has 0 unspecified atom stereocenters. The van der Waals surface area contributed by atoms with Crippen molar-refractivity contribution in [3.05, 3.63) is 30.3 Å². The molecule has 0 saturated carbocycles. The first-order valence-corrected chi connectivity index (χ1v) is 5.19. The Labute approximate surface area is 90.1 Å². The third-order valence-corrected chi connectivity index (χ3v) is 2.45. The molecule has 0 radical (unpaired) electrons. The van der Waals surface area contributed by atoms with E-state index in [4.69, 9.17) is 0 Å². The van der Waals surface area contributed by atoms with Gasteiger partial charge in [-0.15, -0.1) is 0 Å². The lowest BCUT2D eigenvalue weighted by Gasteiger charge is -2.16. The maximum absolute atomic E-state index is 11.6. The van der Waals surface area contributed by atoms with Gasteiger partial charge in [0.25, 0.3) is 0 Å². The molecule has 1 amide bonds. The molecule has 82 valence electrons. The number of hydrogen-bond donors (Lipinski definition) is 2. The van der Waals surface area contributed by atoms with Crippen LogP contribution in [0.15, 0.2) is 30.3 Å². The number of benzene rings is 1. The summed E-state index contributed by atoms with van der Waals surface area (Å²) in [4.78, 5) is 11.6. The Balaban J connectivity index is 2.56. The van der Waals surface area contributed by atoms with E-state index < -0.39 is 6.10 Å². The number of hydrogen-bond acceptors (Lipinski definition) is 2. The van der Waals surface area contributed by atoms with Gasteiger partial charge in [0, 0.05) is 5.69 Å². The Kier molecular flexibility index (Phi) is 4.31. The number of carbonyl (C=O) groups is 1. The second kappa shape index (κ2) is 5.51. The van der Waals surface area contributed by atoms with E-state index in [1.54, 1.807) is 6.92 Å². The van der Waals surface area contributed by atoms with Crippen LogP contribution in [0.4, 0.5) is 5.69 Å². The zero-order chi connectivity index (χ0) is 11.3. The summed E-state index contributed by atoms with van der Waals surface area (Å²) in [6, 6.07) is 9.25. The lowest BCUT2D eigenvalue weighted by atomic mass is 10.0. The van der Waals surface area contributed by atoms with Gasteiger partial charge in [0.2, 0.25) is 5.91 Å². The summed E-state index contributed by atoms with van der Waals surface area (Å²) in [5, 5.41) is 12.3. The molecule has 15 heavy (non-hydrogen) atoms. The number of nitrogens with one attached hydrogen (secondary N) is 1. The molecule has 1 aromatic carbocycles. The topological polar surface area (TPSA) is 49.3 Å². The van der Waals surface area contributed by atoms with Crippen LogP contribution in [0, 0.1) is 5.92 Å². The van der Waals surface area contributed by atoms with Crippen molar-refractivity contribution in [1.29, 1.82) is 0 Å². The van der Waals surface area contributed by atoms with Crippen LogP contribution in [0.5, 0.6) is 0 Å². The highest BCUT2D eigenvalue weighted by molar-refractivity contribution is 5.92. The highest BCUT2D eigenvalue weighted by atomic mass is 16.3. The van der Waals surface area contributed by atoms with Crippen molar-refractivity contribution in [2.24, 2.45) is 5.92 Å². The molecule has 0 aliphatic heterocycles. The molecule has 0 aliphatic carbocycles. The highest BCUT2D eigenvalue weighted by Gasteiger charge is 2.20. The van der Waals surface area contributed by atoms with Crippen LogP contribution < -0.4 is 5.32 Å². The second-order valence-electron chi connectivity index (χ2n) is 3.62. The lowest BCUT2D eigenvalue weighted by Crippen LogP contribution is -2.30. The Morgan fingerprint density at radius 2 is 2.00 bits per heavy atom. The minimum absolute atomic E-state index is 0.143. The molecule has 0 aliphatic rings. The molecule has 0 spiro atoms. The van der Waals surface area contributed by atoms with Gasteiger partial charge in [-0.3, -0.25) is 4.79 Å². The lowest BCUT2D eigenvalue weighted by molar-refractivity contribution is -0.122. The van der Waals surface area contributed by atoms with Crippen molar-refractivity contribution in [3.63, 3.8) is 0 Å². The van der Waals surface area contributed by atoms with Crippen molar-refractivity contribution in [2.45, 2.75) is 26.4 Å². The largest absolute Gasteiger partial charge is 0.392 e. The molecule has 1 rings (SSSR count). The summed E-state index contributed by atoms with van der Waals surface area (Å²) in [6.45, 7) is 3.59. The van der Waals surface area contributed by atoms with Crippen LogP contribution in [0.3, 0.4) is 0 Å². The number of anilines is 1. The van der Waals surface area contributed by atoms with Gasteiger partial charge in [0.05, 0.1) is 12.0 Å². The number of para-hydroxylation sites is 1. The molecule has 0 saturated heterocycles. The van der Waals surface area contributed by atoms with Crippen molar-refractivity contribution in [2.75, 3.05) is 5.32 Å². The van der Waals surface area contributed by atoms with Crippen molar-refractivity contribution in [3.8, 4) is 0 Å². The molecule has 0 fully saturated rings. The molecule has 1 aromatic rings. The predicted molar refractivity (Wildman–Crippen MR) is 60.5 cm³/mol. The fourth-order valence-corrected chi connectivity index (χ4v) is 1.31. The first kappa shape index (κ1) is 11.7. The van der Waals surface area contributed by atoms with Gasteiger partial charge < -0.3 is 10.4 Å². The fraction of sp³-hybridized carbons (Fsp3) is 0.417. The molecule has 2 atom stereocenters. The summed E-state index contributed by atoms with van der Waals surface area (Å²) in [5.41, 5.74) is 0.762. The maximum Gasteiger partial charge on any atom is 0.229 e. The van der Waals surface area contributed by atoms with Gasteiger partial charge in [-0.25, -0.2) is 0 Å². The summed E-state index contributed by atoms with van der Waals surface area (Å²) in [7, 11) is 0. The molecule has 0 bridgehead atoms. The minimum Gasteiger partial charge on any atom is -0.392 e. The van der Waals surface area contributed by atoms with E-state index in [0.29, 0.717) is 6.42 Å². The van der Waals surface area contributed by atoms with Crippen LogP contribution in [-0.2, 0) is 4.79 Å². The number of aliphatic hydroxyl groups excluding tert-OH is 1. The first-order valence-electron chi connectivity index (χ1n) is 5.19. The average Bonchev–Trinajstić information content (AvgIpc) is 2.28. The quantitative estimate of drug-likeness (QED) is 0.793. The van der Waals surface area contributed by atoms with E-state index in [-0.39, 0.29) is 11.8 Å². The Morgan fingerprint density at radius 3 is 2.53 bits per heavy atom. The monoisotopic (exact) mass is 207 g/mol. The Bertz CT molecular complexity index is 311.